The zero-order chi connectivity index (χ0) is 26.9. The van der Waals surface area contributed by atoms with Crippen LogP contribution in [-0.2, 0) is 10.9 Å². The molecular formula is C27H26F3N5O3. The Hall–Kier alpha value is -3.80. The average molecular weight is 526 g/mol. The number of carbonyl (C=O) groups is 1. The highest BCUT2D eigenvalue weighted by Crippen LogP contribution is 2.31. The number of ether oxygens (including phenoxy) is 1. The number of amides is 1. The highest BCUT2D eigenvalue weighted by atomic mass is 19.4. The highest BCUT2D eigenvalue weighted by Gasteiger charge is 2.30. The Balaban J connectivity index is 1.37. The van der Waals surface area contributed by atoms with Crippen molar-refractivity contribution in [2.45, 2.75) is 19.2 Å². The number of morpholine rings is 1. The number of hydrogen-bond donors (Lipinski definition) is 3. The van der Waals surface area contributed by atoms with Gasteiger partial charge in [0.1, 0.15) is 11.8 Å². The molecule has 1 fully saturated rings. The van der Waals surface area contributed by atoms with E-state index in [9.17, 15) is 23.1 Å². The summed E-state index contributed by atoms with van der Waals surface area (Å²) in [4.78, 5) is 19.6. The van der Waals surface area contributed by atoms with E-state index < -0.39 is 23.8 Å². The molecule has 4 aromatic rings. The van der Waals surface area contributed by atoms with Crippen molar-refractivity contribution in [1.29, 1.82) is 0 Å². The molecule has 3 N–H and O–H groups in total. The molecule has 0 spiro atoms. The Morgan fingerprint density at radius 1 is 1.16 bits per heavy atom. The van der Waals surface area contributed by atoms with Gasteiger partial charge in [0.05, 0.1) is 24.5 Å². The highest BCUT2D eigenvalue weighted by molar-refractivity contribution is 6.05. The standard InChI is InChI=1S/C27H26F3N5O3/c1-16-5-6-17(26(37)31-19-4-2-3-18(14-19)27(28,29)30)13-21(16)22-8-7-20-24(33-34-25(20)32-22)23(36)15-35-9-11-38-12-10-35/h2-8,13-14,23,36H,9-12,15H2,1H3,(H,31,37)(H,32,33,34). The molecule has 1 aliphatic heterocycles. The predicted octanol–water partition coefficient (Wildman–Crippen LogP) is 4.57. The SMILES string of the molecule is Cc1ccc(C(=O)Nc2cccc(C(F)(F)F)c2)cc1-c1ccc2c(C(O)CN3CCOCC3)n[nH]c2n1. The number of hydrogen-bond acceptors (Lipinski definition) is 6. The number of halogens is 3. The van der Waals surface area contributed by atoms with Crippen molar-refractivity contribution in [3.63, 3.8) is 0 Å². The summed E-state index contributed by atoms with van der Waals surface area (Å²) in [7, 11) is 0. The Labute approximate surface area is 216 Å². The number of aromatic amines is 1. The molecule has 0 saturated carbocycles. The molecule has 198 valence electrons. The van der Waals surface area contributed by atoms with Crippen LogP contribution < -0.4 is 5.32 Å². The minimum atomic E-state index is -4.51. The lowest BCUT2D eigenvalue weighted by atomic mass is 10.0. The summed E-state index contributed by atoms with van der Waals surface area (Å²) >= 11 is 0. The molecule has 1 aliphatic rings. The van der Waals surface area contributed by atoms with Crippen molar-refractivity contribution >= 4 is 22.6 Å². The Bertz CT molecular complexity index is 1460. The summed E-state index contributed by atoms with van der Waals surface area (Å²) in [5.74, 6) is -0.540. The summed E-state index contributed by atoms with van der Waals surface area (Å²) in [5.41, 5.74) is 2.62. The first-order valence-electron chi connectivity index (χ1n) is 12.1. The van der Waals surface area contributed by atoms with Gasteiger partial charge in [0, 0.05) is 41.8 Å². The van der Waals surface area contributed by atoms with Gasteiger partial charge in [-0.1, -0.05) is 12.1 Å². The van der Waals surface area contributed by atoms with Crippen LogP contribution in [0.1, 0.15) is 33.3 Å². The molecule has 1 saturated heterocycles. The maximum Gasteiger partial charge on any atom is 0.416 e. The van der Waals surface area contributed by atoms with Crippen molar-refractivity contribution < 1.29 is 27.8 Å². The number of fused-ring (bicyclic) bond motifs is 1. The fraction of sp³-hybridized carbons (Fsp3) is 0.296. The monoisotopic (exact) mass is 525 g/mol. The van der Waals surface area contributed by atoms with Gasteiger partial charge in [-0.05, 0) is 55.0 Å². The molecule has 3 heterocycles. The molecular weight excluding hydrogens is 499 g/mol. The average Bonchev–Trinajstić information content (AvgIpc) is 3.33. The number of aliphatic hydroxyl groups excluding tert-OH is 1. The van der Waals surface area contributed by atoms with E-state index in [-0.39, 0.29) is 11.3 Å². The van der Waals surface area contributed by atoms with Gasteiger partial charge in [-0.15, -0.1) is 0 Å². The maximum absolute atomic E-state index is 13.0. The van der Waals surface area contributed by atoms with Crippen LogP contribution in [0.25, 0.3) is 22.3 Å². The van der Waals surface area contributed by atoms with E-state index >= 15 is 0 Å². The number of aromatic nitrogens is 3. The summed E-state index contributed by atoms with van der Waals surface area (Å²) in [5, 5.41) is 21.2. The molecule has 1 amide bonds. The van der Waals surface area contributed by atoms with Gasteiger partial charge in [-0.2, -0.15) is 18.3 Å². The van der Waals surface area contributed by atoms with E-state index in [0.29, 0.717) is 47.7 Å². The molecule has 0 radical (unpaired) electrons. The van der Waals surface area contributed by atoms with Crippen LogP contribution in [0.2, 0.25) is 0 Å². The van der Waals surface area contributed by atoms with E-state index in [1.807, 2.05) is 13.0 Å². The lowest BCUT2D eigenvalue weighted by molar-refractivity contribution is -0.137. The number of anilines is 1. The largest absolute Gasteiger partial charge is 0.416 e. The summed E-state index contributed by atoms with van der Waals surface area (Å²) in [6, 6.07) is 13.1. The van der Waals surface area contributed by atoms with Crippen molar-refractivity contribution in [3.05, 3.63) is 77.0 Å². The second-order valence-electron chi connectivity index (χ2n) is 9.19. The van der Waals surface area contributed by atoms with Gasteiger partial charge in [-0.25, -0.2) is 4.98 Å². The van der Waals surface area contributed by atoms with Gasteiger partial charge in [-0.3, -0.25) is 14.8 Å². The zero-order valence-corrected chi connectivity index (χ0v) is 20.5. The van der Waals surface area contributed by atoms with E-state index in [0.717, 1.165) is 30.8 Å². The van der Waals surface area contributed by atoms with Gasteiger partial charge >= 0.3 is 6.18 Å². The van der Waals surface area contributed by atoms with Crippen LogP contribution >= 0.6 is 0 Å². The summed E-state index contributed by atoms with van der Waals surface area (Å²) in [6.45, 7) is 5.08. The van der Waals surface area contributed by atoms with Crippen molar-refractivity contribution in [2.75, 3.05) is 38.2 Å². The number of alkyl halides is 3. The Morgan fingerprint density at radius 2 is 1.95 bits per heavy atom. The number of rotatable bonds is 6. The second-order valence-corrected chi connectivity index (χ2v) is 9.19. The van der Waals surface area contributed by atoms with E-state index in [1.165, 1.54) is 12.1 Å². The van der Waals surface area contributed by atoms with Crippen molar-refractivity contribution in [2.24, 2.45) is 0 Å². The molecule has 1 unspecified atom stereocenters. The first-order chi connectivity index (χ1) is 18.2. The lowest BCUT2D eigenvalue weighted by Gasteiger charge is -2.28. The third kappa shape index (κ3) is 5.54. The second kappa shape index (κ2) is 10.5. The first kappa shape index (κ1) is 25.8. The normalized spacial score (nSPS) is 15.5. The Kier molecular flexibility index (Phi) is 7.15. The van der Waals surface area contributed by atoms with E-state index in [4.69, 9.17) is 4.74 Å². The van der Waals surface area contributed by atoms with Crippen LogP contribution in [0.15, 0.2) is 54.6 Å². The van der Waals surface area contributed by atoms with Gasteiger partial charge < -0.3 is 15.2 Å². The molecule has 2 aromatic carbocycles. The number of H-pyrrole nitrogens is 1. The maximum atomic E-state index is 13.0. The number of carbonyl (C=O) groups excluding carboxylic acids is 1. The minimum Gasteiger partial charge on any atom is -0.385 e. The summed E-state index contributed by atoms with van der Waals surface area (Å²) in [6.07, 6.45) is -5.30. The molecule has 1 atom stereocenters. The Morgan fingerprint density at radius 3 is 2.71 bits per heavy atom. The third-order valence-electron chi connectivity index (χ3n) is 6.53. The van der Waals surface area contributed by atoms with Gasteiger partial charge in [0.2, 0.25) is 0 Å². The molecule has 0 aliphatic carbocycles. The van der Waals surface area contributed by atoms with Crippen LogP contribution in [0.4, 0.5) is 18.9 Å². The molecule has 8 nitrogen and oxygen atoms in total. The van der Waals surface area contributed by atoms with Crippen LogP contribution in [0.3, 0.4) is 0 Å². The quantitative estimate of drug-likeness (QED) is 0.341. The van der Waals surface area contributed by atoms with Crippen LogP contribution in [0, 0.1) is 6.92 Å². The smallest absolute Gasteiger partial charge is 0.385 e. The minimum absolute atomic E-state index is 0.0483. The number of benzene rings is 2. The number of pyridine rings is 1. The van der Waals surface area contributed by atoms with E-state index in [2.05, 4.69) is 25.4 Å². The fourth-order valence-corrected chi connectivity index (χ4v) is 4.46. The fourth-order valence-electron chi connectivity index (χ4n) is 4.46. The third-order valence-corrected chi connectivity index (χ3v) is 6.53. The van der Waals surface area contributed by atoms with Crippen LogP contribution in [-0.4, -0.2) is 63.9 Å². The van der Waals surface area contributed by atoms with Gasteiger partial charge in [0.25, 0.3) is 5.91 Å². The number of β-amino-alcohol motifs (C(OH)–C–C–N with tert-alkyl or cyclic N) is 1. The number of aryl methyl sites for hydroxylation is 1. The van der Waals surface area contributed by atoms with Crippen molar-refractivity contribution in [3.8, 4) is 11.3 Å². The first-order valence-corrected chi connectivity index (χ1v) is 12.1. The molecule has 5 rings (SSSR count). The number of nitrogens with zero attached hydrogens (tertiary/aromatic N) is 3. The number of aliphatic hydroxyl groups is 1. The van der Waals surface area contributed by atoms with Crippen molar-refractivity contribution in [1.82, 2.24) is 20.1 Å². The topological polar surface area (TPSA) is 103 Å². The lowest BCUT2D eigenvalue weighted by Crippen LogP contribution is -2.38. The molecule has 38 heavy (non-hydrogen) atoms. The van der Waals surface area contributed by atoms with Gasteiger partial charge in [0.15, 0.2) is 5.65 Å². The molecule has 2 aromatic heterocycles. The zero-order valence-electron chi connectivity index (χ0n) is 20.5. The summed E-state index contributed by atoms with van der Waals surface area (Å²) < 4.78 is 44.4. The predicted molar refractivity (Wildman–Crippen MR) is 136 cm³/mol. The van der Waals surface area contributed by atoms with E-state index in [1.54, 1.807) is 24.3 Å². The molecule has 11 heteroatoms. The molecule has 0 bridgehead atoms. The van der Waals surface area contributed by atoms with Crippen LogP contribution in [0.5, 0.6) is 0 Å². The number of nitrogens with one attached hydrogen (secondary N) is 2.